The molecule has 2 saturated heterocycles. The topological polar surface area (TPSA) is 70.1 Å². The summed E-state index contributed by atoms with van der Waals surface area (Å²) in [4.78, 5) is 27.8. The summed E-state index contributed by atoms with van der Waals surface area (Å²) < 4.78 is 5.54. The van der Waals surface area contributed by atoms with Crippen molar-refractivity contribution in [1.82, 2.24) is 9.80 Å². The summed E-state index contributed by atoms with van der Waals surface area (Å²) in [6.07, 6.45) is 2.78. The summed E-state index contributed by atoms with van der Waals surface area (Å²) >= 11 is 0. The number of carbonyl (C=O) groups excluding carboxylic acids is 1. The summed E-state index contributed by atoms with van der Waals surface area (Å²) in [5, 5.41) is 9.30. The number of carboxylic acid groups (broad SMARTS) is 1. The molecule has 0 aliphatic carbocycles. The first-order valence-electron chi connectivity index (χ1n) is 6.62. The normalized spacial score (nSPS) is 37.8. The van der Waals surface area contributed by atoms with Gasteiger partial charge in [-0.3, -0.25) is 9.59 Å². The van der Waals surface area contributed by atoms with Crippen molar-refractivity contribution in [1.29, 1.82) is 0 Å². The van der Waals surface area contributed by atoms with Crippen LogP contribution in [0.25, 0.3) is 0 Å². The Bertz CT molecular complexity index is 428. The Morgan fingerprint density at radius 1 is 1.11 bits per heavy atom. The van der Waals surface area contributed by atoms with Gasteiger partial charge in [0.25, 0.3) is 0 Å². The molecular weight excluding hydrogens is 248 g/mol. The number of hydrogen-bond donors (Lipinski definition) is 1. The van der Waals surface area contributed by atoms with Crippen LogP contribution in [0.3, 0.4) is 0 Å². The van der Waals surface area contributed by atoms with Gasteiger partial charge in [0, 0.05) is 26.2 Å². The van der Waals surface area contributed by atoms with Gasteiger partial charge in [0.15, 0.2) is 0 Å². The average Bonchev–Trinajstić information content (AvgIpc) is 2.98. The second-order valence-corrected chi connectivity index (χ2v) is 5.47. The maximum absolute atomic E-state index is 12.5. The third-order valence-electron chi connectivity index (χ3n) is 4.28. The molecule has 4 atom stereocenters. The molecule has 19 heavy (non-hydrogen) atoms. The van der Waals surface area contributed by atoms with E-state index in [1.807, 2.05) is 13.1 Å². The van der Waals surface area contributed by atoms with Crippen LogP contribution < -0.4 is 0 Å². The van der Waals surface area contributed by atoms with Gasteiger partial charge in [-0.25, -0.2) is 0 Å². The van der Waals surface area contributed by atoms with Gasteiger partial charge >= 0.3 is 5.97 Å². The zero-order valence-corrected chi connectivity index (χ0v) is 10.9. The van der Waals surface area contributed by atoms with Crippen LogP contribution in [0.5, 0.6) is 0 Å². The fourth-order valence-electron chi connectivity index (χ4n) is 3.13. The molecule has 6 heteroatoms. The molecule has 2 bridgehead atoms. The minimum Gasteiger partial charge on any atom is -0.481 e. The fourth-order valence-corrected chi connectivity index (χ4v) is 3.13. The lowest BCUT2D eigenvalue weighted by molar-refractivity contribution is -0.150. The van der Waals surface area contributed by atoms with Crippen LogP contribution in [0.4, 0.5) is 0 Å². The highest BCUT2D eigenvalue weighted by Crippen LogP contribution is 2.40. The highest BCUT2D eigenvalue weighted by atomic mass is 16.5. The van der Waals surface area contributed by atoms with E-state index in [0.717, 1.165) is 13.1 Å². The monoisotopic (exact) mass is 266 g/mol. The van der Waals surface area contributed by atoms with E-state index in [4.69, 9.17) is 4.74 Å². The molecule has 1 N–H and O–H groups in total. The molecule has 3 aliphatic rings. The van der Waals surface area contributed by atoms with Crippen molar-refractivity contribution in [2.75, 3.05) is 33.2 Å². The van der Waals surface area contributed by atoms with Crippen LogP contribution in [0.15, 0.2) is 12.2 Å². The molecule has 3 rings (SSSR count). The maximum Gasteiger partial charge on any atom is 0.310 e. The van der Waals surface area contributed by atoms with E-state index in [9.17, 15) is 14.7 Å². The SMILES string of the molecule is CN1CCN(C(=O)[C@@H]2[C@H](C(=O)O)[C@H]3C=C[C@H]2O3)CC1. The maximum atomic E-state index is 12.5. The van der Waals surface area contributed by atoms with E-state index in [1.54, 1.807) is 11.0 Å². The molecule has 0 unspecified atom stereocenters. The highest BCUT2D eigenvalue weighted by Gasteiger charge is 2.54. The second kappa shape index (κ2) is 4.61. The molecule has 0 radical (unpaired) electrons. The summed E-state index contributed by atoms with van der Waals surface area (Å²) in [5.41, 5.74) is 0. The number of rotatable bonds is 2. The number of nitrogens with zero attached hydrogens (tertiary/aromatic N) is 2. The van der Waals surface area contributed by atoms with Crippen LogP contribution in [0, 0.1) is 11.8 Å². The molecule has 2 fully saturated rings. The zero-order valence-electron chi connectivity index (χ0n) is 10.9. The zero-order chi connectivity index (χ0) is 13.6. The summed E-state index contributed by atoms with van der Waals surface area (Å²) in [6, 6.07) is 0. The number of carboxylic acids is 1. The Morgan fingerprint density at radius 2 is 1.68 bits per heavy atom. The van der Waals surface area contributed by atoms with Gasteiger partial charge in [-0.05, 0) is 7.05 Å². The van der Waals surface area contributed by atoms with Gasteiger partial charge in [-0.1, -0.05) is 12.2 Å². The molecular formula is C13H18N2O4. The Labute approximate surface area is 111 Å². The number of piperazine rings is 1. The number of amides is 1. The van der Waals surface area contributed by atoms with E-state index in [-0.39, 0.29) is 12.0 Å². The number of hydrogen-bond acceptors (Lipinski definition) is 4. The summed E-state index contributed by atoms with van der Waals surface area (Å²) in [6.45, 7) is 3.00. The van der Waals surface area contributed by atoms with E-state index < -0.39 is 23.9 Å². The lowest BCUT2D eigenvalue weighted by Crippen LogP contribution is -2.52. The van der Waals surface area contributed by atoms with Gasteiger partial charge in [-0.15, -0.1) is 0 Å². The number of fused-ring (bicyclic) bond motifs is 2. The lowest BCUT2D eigenvalue weighted by Gasteiger charge is -2.35. The largest absolute Gasteiger partial charge is 0.481 e. The first-order chi connectivity index (χ1) is 9.08. The van der Waals surface area contributed by atoms with Crippen molar-refractivity contribution < 1.29 is 19.4 Å². The smallest absolute Gasteiger partial charge is 0.310 e. The average molecular weight is 266 g/mol. The number of ether oxygens (including phenoxy) is 1. The molecule has 0 spiro atoms. The van der Waals surface area contributed by atoms with Gasteiger partial charge in [0.05, 0.1) is 18.1 Å². The van der Waals surface area contributed by atoms with Gasteiger partial charge < -0.3 is 19.6 Å². The minimum atomic E-state index is -0.940. The van der Waals surface area contributed by atoms with Gasteiger partial charge in [0.2, 0.25) is 5.91 Å². The van der Waals surface area contributed by atoms with E-state index in [2.05, 4.69) is 4.90 Å². The van der Waals surface area contributed by atoms with E-state index in [0.29, 0.717) is 13.1 Å². The van der Waals surface area contributed by atoms with E-state index in [1.165, 1.54) is 0 Å². The number of carbonyl (C=O) groups is 2. The molecule has 3 heterocycles. The summed E-state index contributed by atoms with van der Waals surface area (Å²) in [7, 11) is 2.02. The van der Waals surface area contributed by atoms with Crippen LogP contribution in [-0.2, 0) is 14.3 Å². The Hall–Kier alpha value is -1.40. The van der Waals surface area contributed by atoms with Crippen LogP contribution in [0.2, 0.25) is 0 Å². The van der Waals surface area contributed by atoms with Crippen LogP contribution in [-0.4, -0.2) is 72.2 Å². The predicted molar refractivity (Wildman–Crippen MR) is 66.5 cm³/mol. The predicted octanol–water partition coefficient (Wildman–Crippen LogP) is -0.585. The van der Waals surface area contributed by atoms with E-state index >= 15 is 0 Å². The number of likely N-dealkylation sites (N-methyl/N-ethyl adjacent to an activating group) is 1. The minimum absolute atomic E-state index is 0.0719. The first-order valence-corrected chi connectivity index (χ1v) is 6.62. The molecule has 104 valence electrons. The van der Waals surface area contributed by atoms with Crippen LogP contribution >= 0.6 is 0 Å². The standard InChI is InChI=1S/C13H18N2O4/c1-14-4-6-15(7-5-14)12(16)10-8-2-3-9(19-8)11(10)13(17)18/h2-3,8-11H,4-7H2,1H3,(H,17,18)/t8-,9-,10+,11-/m1/s1. The Morgan fingerprint density at radius 3 is 2.26 bits per heavy atom. The summed E-state index contributed by atoms with van der Waals surface area (Å²) in [5.74, 6) is -2.31. The van der Waals surface area contributed by atoms with Crippen molar-refractivity contribution in [3.8, 4) is 0 Å². The highest BCUT2D eigenvalue weighted by molar-refractivity contribution is 5.87. The number of aliphatic carboxylic acids is 1. The lowest BCUT2D eigenvalue weighted by atomic mass is 9.82. The third-order valence-corrected chi connectivity index (χ3v) is 4.28. The first kappa shape index (κ1) is 12.6. The molecule has 3 aliphatic heterocycles. The van der Waals surface area contributed by atoms with Crippen molar-refractivity contribution in [3.05, 3.63) is 12.2 Å². The van der Waals surface area contributed by atoms with Crippen LogP contribution in [0.1, 0.15) is 0 Å². The third kappa shape index (κ3) is 2.04. The fraction of sp³-hybridized carbons (Fsp3) is 0.692. The Balaban J connectivity index is 1.75. The van der Waals surface area contributed by atoms with Gasteiger partial charge in [-0.2, -0.15) is 0 Å². The molecule has 6 nitrogen and oxygen atoms in total. The quantitative estimate of drug-likeness (QED) is 0.677. The molecule has 0 aromatic carbocycles. The van der Waals surface area contributed by atoms with Crippen molar-refractivity contribution in [2.45, 2.75) is 12.2 Å². The molecule has 0 aromatic heterocycles. The molecule has 0 saturated carbocycles. The van der Waals surface area contributed by atoms with Gasteiger partial charge in [0.1, 0.15) is 5.92 Å². The van der Waals surface area contributed by atoms with Crippen molar-refractivity contribution >= 4 is 11.9 Å². The Kier molecular flexibility index (Phi) is 3.06. The second-order valence-electron chi connectivity index (χ2n) is 5.47. The van der Waals surface area contributed by atoms with Crippen molar-refractivity contribution in [2.24, 2.45) is 11.8 Å². The molecule has 1 amide bonds. The van der Waals surface area contributed by atoms with Crippen molar-refractivity contribution in [3.63, 3.8) is 0 Å². The molecule has 0 aromatic rings.